The molecular formula is C30H38F3N4O6S+. The number of hydrogen-bond acceptors (Lipinski definition) is 8. The van der Waals surface area contributed by atoms with E-state index in [0.29, 0.717) is 41.0 Å². The van der Waals surface area contributed by atoms with Crippen molar-refractivity contribution in [1.29, 1.82) is 0 Å². The number of quaternary nitrogens is 1. The third kappa shape index (κ3) is 7.40. The van der Waals surface area contributed by atoms with Crippen molar-refractivity contribution in [2.24, 2.45) is 28.3 Å². The fourth-order valence-electron chi connectivity index (χ4n) is 7.31. The van der Waals surface area contributed by atoms with Gasteiger partial charge in [0.15, 0.2) is 11.7 Å². The molecule has 0 bridgehead atoms. The number of rotatable bonds is 7. The van der Waals surface area contributed by atoms with Gasteiger partial charge in [-0.25, -0.2) is 14.6 Å². The third-order valence-electron chi connectivity index (χ3n) is 9.06. The van der Waals surface area contributed by atoms with Gasteiger partial charge in [0.1, 0.15) is 12.9 Å². The average molecular weight is 640 g/mol. The van der Waals surface area contributed by atoms with E-state index < -0.39 is 12.1 Å². The Bertz CT molecular complexity index is 1410. The molecule has 1 aromatic carbocycles. The monoisotopic (exact) mass is 639 g/mol. The van der Waals surface area contributed by atoms with Crippen LogP contribution in [-0.2, 0) is 25.6 Å². The molecule has 0 aliphatic heterocycles. The predicted octanol–water partition coefficient (Wildman–Crippen LogP) is 4.74. The van der Waals surface area contributed by atoms with Gasteiger partial charge in [-0.15, -0.1) is 11.3 Å². The van der Waals surface area contributed by atoms with Crippen LogP contribution in [0.5, 0.6) is 5.75 Å². The molecule has 0 saturated heterocycles. The van der Waals surface area contributed by atoms with Gasteiger partial charge in [-0.3, -0.25) is 4.79 Å². The Balaban J connectivity index is 0.000000566. The van der Waals surface area contributed by atoms with E-state index in [9.17, 15) is 22.8 Å². The number of thiazole rings is 1. The quantitative estimate of drug-likeness (QED) is 0.225. The van der Waals surface area contributed by atoms with Gasteiger partial charge in [0.2, 0.25) is 5.91 Å². The summed E-state index contributed by atoms with van der Waals surface area (Å²) >= 11 is 1.50. The summed E-state index contributed by atoms with van der Waals surface area (Å²) in [4.78, 5) is 44.0. The van der Waals surface area contributed by atoms with E-state index >= 15 is 0 Å². The highest BCUT2D eigenvalue weighted by Gasteiger charge is 2.57. The standard InChI is InChI=1S/C28H36N4O4S.C2HF3O2/c1-16-15-30-27(37-16)31-24(33)9-5-18-13-23(32-35-3)28(2)11-10-21-20-8-6-19(36-25(34)14-29)12-17(20)4-7-22(21)26(18)28;3-2(4,5)1(6)7/h6,8,12,15,18,21-22,26H,4-5,7,9-11,13-14,29H2,1-3H3,(H,30,31,33);(H,6,7)/p+1/b32-23+;/t18-,21?,22?,26?,28-;/m1./s1. The number of ether oxygens (including phenoxy) is 1. The van der Waals surface area contributed by atoms with Crippen LogP contribution in [0.15, 0.2) is 29.6 Å². The van der Waals surface area contributed by atoms with Crippen LogP contribution in [0.4, 0.5) is 18.3 Å². The molecule has 3 aliphatic carbocycles. The first-order chi connectivity index (χ1) is 20.8. The number of carbonyl (C=O) groups excluding carboxylic acids is 2. The number of carbonyl (C=O) groups is 3. The smallest absolute Gasteiger partial charge is 0.475 e. The average Bonchev–Trinajstić information content (AvgIpc) is 3.50. The number of aromatic nitrogens is 1. The Morgan fingerprint density at radius 2 is 2.00 bits per heavy atom. The molecule has 44 heavy (non-hydrogen) atoms. The molecule has 3 unspecified atom stereocenters. The lowest BCUT2D eigenvalue weighted by Crippen LogP contribution is -2.55. The number of oxime groups is 1. The van der Waals surface area contributed by atoms with Crippen molar-refractivity contribution in [3.05, 3.63) is 40.4 Å². The van der Waals surface area contributed by atoms with Crippen LogP contribution in [0.3, 0.4) is 0 Å². The Morgan fingerprint density at radius 1 is 1.27 bits per heavy atom. The largest absolute Gasteiger partial charge is 0.490 e. The highest BCUT2D eigenvalue weighted by Crippen LogP contribution is 2.62. The molecule has 5 rings (SSSR count). The molecule has 2 fully saturated rings. The maximum Gasteiger partial charge on any atom is 0.490 e. The Kier molecular flexibility index (Phi) is 10.3. The maximum absolute atomic E-state index is 12.8. The Morgan fingerprint density at radius 3 is 2.61 bits per heavy atom. The van der Waals surface area contributed by atoms with Crippen LogP contribution in [0.25, 0.3) is 0 Å². The van der Waals surface area contributed by atoms with E-state index in [1.165, 1.54) is 22.5 Å². The molecule has 1 aromatic heterocycles. The number of nitrogens with one attached hydrogen (secondary N) is 1. The summed E-state index contributed by atoms with van der Waals surface area (Å²) in [6, 6.07) is 6.14. The van der Waals surface area contributed by atoms with Crippen molar-refractivity contribution in [3.63, 3.8) is 0 Å². The van der Waals surface area contributed by atoms with Crippen LogP contribution in [0.1, 0.15) is 67.4 Å². The summed E-state index contributed by atoms with van der Waals surface area (Å²) in [7, 11) is 1.63. The predicted molar refractivity (Wildman–Crippen MR) is 156 cm³/mol. The van der Waals surface area contributed by atoms with Crippen molar-refractivity contribution >= 4 is 40.0 Å². The lowest BCUT2D eigenvalue weighted by atomic mass is 9.54. The van der Waals surface area contributed by atoms with Crippen molar-refractivity contribution in [3.8, 4) is 5.75 Å². The van der Waals surface area contributed by atoms with Gasteiger partial charge in [0.05, 0.1) is 5.71 Å². The van der Waals surface area contributed by atoms with Crippen molar-refractivity contribution < 1.29 is 48.0 Å². The second-order valence-corrected chi connectivity index (χ2v) is 13.0. The number of carboxylic acid groups (broad SMARTS) is 1. The molecule has 1 amide bonds. The minimum absolute atomic E-state index is 0.00810. The van der Waals surface area contributed by atoms with Gasteiger partial charge >= 0.3 is 18.1 Å². The summed E-state index contributed by atoms with van der Waals surface area (Å²) < 4.78 is 37.2. The van der Waals surface area contributed by atoms with E-state index in [-0.39, 0.29) is 23.8 Å². The molecule has 1 heterocycles. The highest BCUT2D eigenvalue weighted by atomic mass is 32.1. The number of aliphatic carboxylic acids is 1. The van der Waals surface area contributed by atoms with Gasteiger partial charge in [0, 0.05) is 22.9 Å². The Labute approximate surface area is 257 Å². The molecule has 10 nitrogen and oxygen atoms in total. The lowest BCUT2D eigenvalue weighted by Gasteiger charge is -2.50. The maximum atomic E-state index is 12.8. The zero-order valence-corrected chi connectivity index (χ0v) is 25.7. The molecule has 240 valence electrons. The minimum atomic E-state index is -5.08. The van der Waals surface area contributed by atoms with Crippen LogP contribution in [-0.4, -0.2) is 53.5 Å². The molecule has 0 spiro atoms. The second-order valence-electron chi connectivity index (χ2n) is 11.7. The fraction of sp³-hybridized carbons (Fsp3) is 0.567. The number of anilines is 1. The molecule has 2 aromatic rings. The van der Waals surface area contributed by atoms with Gasteiger partial charge in [-0.05, 0) is 92.4 Å². The number of benzene rings is 1. The number of aryl methyl sites for hydroxylation is 2. The van der Waals surface area contributed by atoms with E-state index in [2.05, 4.69) is 34.2 Å². The second kappa shape index (κ2) is 13.6. The number of fused-ring (bicyclic) bond motifs is 5. The van der Waals surface area contributed by atoms with Crippen LogP contribution >= 0.6 is 11.3 Å². The molecule has 5 N–H and O–H groups in total. The minimum Gasteiger partial charge on any atom is -0.475 e. The topological polar surface area (TPSA) is 155 Å². The van der Waals surface area contributed by atoms with Crippen LogP contribution < -0.4 is 15.8 Å². The number of esters is 1. The van der Waals surface area contributed by atoms with Crippen molar-refractivity contribution in [1.82, 2.24) is 4.98 Å². The summed E-state index contributed by atoms with van der Waals surface area (Å²) in [5.74, 6) is -0.599. The lowest BCUT2D eigenvalue weighted by molar-refractivity contribution is -0.358. The van der Waals surface area contributed by atoms with Crippen molar-refractivity contribution in [2.45, 2.75) is 70.9 Å². The SMILES string of the molecule is CO/N=C1\C[C@@H](CCC(=O)Nc2ncc(C)s2)C2C3CCc4cc(OC(=O)C[NH3+])ccc4C3CC[C@]12C.O=C(O)C(F)(F)F. The number of amides is 1. The third-order valence-corrected chi connectivity index (χ3v) is 9.89. The highest BCUT2D eigenvalue weighted by molar-refractivity contribution is 7.15. The van der Waals surface area contributed by atoms with E-state index in [0.717, 1.165) is 49.1 Å². The van der Waals surface area contributed by atoms with Crippen LogP contribution in [0.2, 0.25) is 0 Å². The first-order valence-electron chi connectivity index (χ1n) is 14.5. The number of alkyl halides is 3. The Hall–Kier alpha value is -3.52. The van der Waals surface area contributed by atoms with Crippen molar-refractivity contribution in [2.75, 3.05) is 19.0 Å². The first-order valence-corrected chi connectivity index (χ1v) is 15.3. The summed E-state index contributed by atoms with van der Waals surface area (Å²) in [6.45, 7) is 4.47. The molecule has 3 aliphatic rings. The van der Waals surface area contributed by atoms with E-state index in [4.69, 9.17) is 19.5 Å². The molecule has 5 atom stereocenters. The number of hydrogen-bond donors (Lipinski definition) is 3. The normalized spacial score (nSPS) is 26.4. The zero-order chi connectivity index (χ0) is 32.2. The van der Waals surface area contributed by atoms with Crippen LogP contribution in [0, 0.1) is 30.1 Å². The van der Waals surface area contributed by atoms with E-state index in [1.807, 2.05) is 19.1 Å². The van der Waals surface area contributed by atoms with E-state index in [1.54, 1.807) is 13.3 Å². The zero-order valence-electron chi connectivity index (χ0n) is 24.9. The first kappa shape index (κ1) is 33.4. The molecular weight excluding hydrogens is 601 g/mol. The summed E-state index contributed by atoms with van der Waals surface area (Å²) in [6.07, 6.45) is 3.10. The van der Waals surface area contributed by atoms with Gasteiger partial charge in [-0.2, -0.15) is 13.2 Å². The van der Waals surface area contributed by atoms with Gasteiger partial charge in [0.25, 0.3) is 0 Å². The summed E-state index contributed by atoms with van der Waals surface area (Å²) in [5.41, 5.74) is 7.44. The summed E-state index contributed by atoms with van der Waals surface area (Å²) in [5, 5.41) is 15.3. The fourth-order valence-corrected chi connectivity index (χ4v) is 7.99. The number of nitrogens with zero attached hydrogens (tertiary/aromatic N) is 2. The molecule has 0 radical (unpaired) electrons. The van der Waals surface area contributed by atoms with Gasteiger partial charge in [-0.1, -0.05) is 18.1 Å². The van der Waals surface area contributed by atoms with Gasteiger partial charge < -0.3 is 25.7 Å². The molecule has 2 saturated carbocycles. The molecule has 14 heteroatoms. The number of halogens is 3. The number of carboxylic acids is 1.